The predicted molar refractivity (Wildman–Crippen MR) is 182 cm³/mol. The SMILES string of the molecule is CC(C)(C)OC(=O)N(CCOS(C)(=O)=O)Cc1cc(F)cc2cc[nH]c12.CC(C)(C)OC(=O)N1CCn2ccc3cc(F)cc(c32)C1.[2H]CF.[H-].[Na+]. The van der Waals surface area contributed by atoms with Crippen molar-refractivity contribution in [1.29, 1.82) is 0 Å². The van der Waals surface area contributed by atoms with Crippen molar-refractivity contribution in [3.63, 3.8) is 0 Å². The van der Waals surface area contributed by atoms with Gasteiger partial charge in [-0.2, -0.15) is 8.42 Å². The number of nitrogens with one attached hydrogen (secondary N) is 1. The first-order chi connectivity index (χ1) is 23.2. The Bertz CT molecular complexity index is 1900. The zero-order valence-corrected chi connectivity index (χ0v) is 32.6. The third kappa shape index (κ3) is 12.8. The molecule has 2 aromatic carbocycles. The molecule has 0 bridgehead atoms. The minimum atomic E-state index is -3.63. The number of benzene rings is 2. The second-order valence-corrected chi connectivity index (χ2v) is 15.0. The van der Waals surface area contributed by atoms with Gasteiger partial charge in [0.25, 0.3) is 10.1 Å². The van der Waals surface area contributed by atoms with E-state index in [1.807, 2.05) is 33.0 Å². The van der Waals surface area contributed by atoms with Crippen LogP contribution in [0.2, 0.25) is 0 Å². The summed E-state index contributed by atoms with van der Waals surface area (Å²) in [5.74, 6) is -0.704. The second kappa shape index (κ2) is 17.8. The van der Waals surface area contributed by atoms with Gasteiger partial charge in [0.15, 0.2) is 0 Å². The number of carbonyl (C=O) groups is 2. The largest absolute Gasteiger partial charge is 1.00 e. The van der Waals surface area contributed by atoms with Crippen molar-refractivity contribution in [2.75, 3.05) is 33.1 Å². The number of ether oxygens (including phenoxy) is 2. The number of carbonyl (C=O) groups excluding carboxylic acids is 2. The van der Waals surface area contributed by atoms with Crippen LogP contribution in [-0.2, 0) is 43.4 Å². The molecule has 4 aromatic rings. The maximum atomic E-state index is 13.9. The molecule has 1 aliphatic heterocycles. The third-order valence-electron chi connectivity index (χ3n) is 6.91. The Morgan fingerprint density at radius 3 is 2.24 bits per heavy atom. The molecule has 2 amide bonds. The van der Waals surface area contributed by atoms with Crippen molar-refractivity contribution < 1.29 is 77.2 Å². The fraction of sp³-hybridized carbons (Fsp3) is 0.471. The van der Waals surface area contributed by atoms with Gasteiger partial charge < -0.3 is 30.3 Å². The van der Waals surface area contributed by atoms with Crippen LogP contribution >= 0.6 is 0 Å². The minimum Gasteiger partial charge on any atom is -1.00 e. The fourth-order valence-corrected chi connectivity index (χ4v) is 5.48. The van der Waals surface area contributed by atoms with Crippen molar-refractivity contribution in [2.45, 2.75) is 72.4 Å². The molecule has 2 aromatic heterocycles. The molecule has 50 heavy (non-hydrogen) atoms. The maximum Gasteiger partial charge on any atom is 1.00 e. The third-order valence-corrected chi connectivity index (χ3v) is 7.50. The summed E-state index contributed by atoms with van der Waals surface area (Å²) < 4.78 is 82.9. The Balaban J connectivity index is 0.000000474. The average Bonchev–Trinajstić information content (AvgIpc) is 3.55. The Morgan fingerprint density at radius 1 is 1.00 bits per heavy atom. The summed E-state index contributed by atoms with van der Waals surface area (Å²) >= 11 is 0. The average molecular weight is 736 g/mol. The number of hydrogen-bond donors (Lipinski definition) is 1. The molecule has 0 aliphatic carbocycles. The van der Waals surface area contributed by atoms with Crippen LogP contribution in [-0.4, -0.2) is 84.3 Å². The van der Waals surface area contributed by atoms with Gasteiger partial charge in [0.2, 0.25) is 0 Å². The first-order valence-corrected chi connectivity index (χ1v) is 17.2. The van der Waals surface area contributed by atoms with E-state index in [2.05, 4.69) is 9.55 Å². The van der Waals surface area contributed by atoms with Crippen LogP contribution in [0.3, 0.4) is 0 Å². The zero-order valence-electron chi connectivity index (χ0n) is 31.8. The van der Waals surface area contributed by atoms with Gasteiger partial charge in [-0.3, -0.25) is 8.57 Å². The van der Waals surface area contributed by atoms with Crippen LogP contribution in [0.15, 0.2) is 48.8 Å². The number of fused-ring (bicyclic) bond motifs is 1. The normalized spacial score (nSPS) is 13.2. The minimum absolute atomic E-state index is 0. The van der Waals surface area contributed by atoms with Gasteiger partial charge in [0.1, 0.15) is 22.8 Å². The van der Waals surface area contributed by atoms with Crippen LogP contribution in [0.25, 0.3) is 21.8 Å². The fourth-order valence-electron chi connectivity index (χ4n) is 5.10. The van der Waals surface area contributed by atoms with Gasteiger partial charge in [-0.1, -0.05) is 0 Å². The van der Waals surface area contributed by atoms with E-state index >= 15 is 0 Å². The summed E-state index contributed by atoms with van der Waals surface area (Å²) in [7, 11) is -4.63. The van der Waals surface area contributed by atoms with E-state index in [0.717, 1.165) is 22.7 Å². The van der Waals surface area contributed by atoms with E-state index in [1.54, 1.807) is 37.9 Å². The van der Waals surface area contributed by atoms with Gasteiger partial charge in [0, 0.05) is 42.8 Å². The van der Waals surface area contributed by atoms with Gasteiger partial charge in [-0.25, -0.2) is 18.4 Å². The van der Waals surface area contributed by atoms with Crippen molar-refractivity contribution in [3.05, 3.63) is 71.6 Å². The summed E-state index contributed by atoms with van der Waals surface area (Å²) in [5, 5.41) is 1.55. The number of hydrogen-bond acceptors (Lipinski definition) is 7. The maximum absolute atomic E-state index is 13.9. The van der Waals surface area contributed by atoms with Crippen molar-refractivity contribution in [2.24, 2.45) is 0 Å². The monoisotopic (exact) mass is 735 g/mol. The molecule has 1 N–H and O–H groups in total. The number of amides is 2. The molecule has 1 aliphatic rings. The van der Waals surface area contributed by atoms with Crippen LogP contribution < -0.4 is 29.6 Å². The van der Waals surface area contributed by atoms with E-state index in [-0.39, 0.29) is 62.6 Å². The van der Waals surface area contributed by atoms with E-state index in [1.165, 1.54) is 29.2 Å². The molecule has 16 heteroatoms. The van der Waals surface area contributed by atoms with E-state index in [4.69, 9.17) is 15.0 Å². The molecular weight excluding hydrogens is 688 g/mol. The smallest absolute Gasteiger partial charge is 1.00 e. The standard InChI is InChI=1S/C17H23FN2O5S.C16H19FN2O2.CH3F.Na.H/c1-17(2,3)25-16(21)20(7-8-24-26(4,22)23)11-13-10-14(18)9-12-5-6-19-15(12)13;1-16(2,3)21-15(20)19-7-6-18-5-4-11-8-13(17)9-12(10-19)14(11)18;1-2;;/h5-6,9-10,19H,7-8,11H2,1-4H3;4-5,8-9H,6-7,10H2,1-3H3;1H3;;/q;;;+1;-1/i;;1D;;. The van der Waals surface area contributed by atoms with Gasteiger partial charge in [-0.15, -0.1) is 0 Å². The van der Waals surface area contributed by atoms with E-state index in [0.29, 0.717) is 36.1 Å². The number of aromatic nitrogens is 2. The topological polar surface area (TPSA) is 123 Å². The molecule has 0 saturated heterocycles. The number of nitrogens with zero attached hydrogens (tertiary/aromatic N) is 3. The van der Waals surface area contributed by atoms with Crippen LogP contribution in [0, 0.1) is 11.6 Å². The summed E-state index contributed by atoms with van der Waals surface area (Å²) in [6.45, 7) is 12.1. The van der Waals surface area contributed by atoms with Crippen molar-refractivity contribution in [3.8, 4) is 0 Å². The molecule has 272 valence electrons. The summed E-state index contributed by atoms with van der Waals surface area (Å²) in [6.07, 6.45) is 3.55. The van der Waals surface area contributed by atoms with Gasteiger partial charge in [0.05, 0.1) is 45.5 Å². The Morgan fingerprint density at radius 2 is 1.62 bits per heavy atom. The summed E-state index contributed by atoms with van der Waals surface area (Å²) in [6, 6.07) is 9.38. The second-order valence-electron chi connectivity index (χ2n) is 13.3. The predicted octanol–water partition coefficient (Wildman–Crippen LogP) is 4.25. The van der Waals surface area contributed by atoms with Gasteiger partial charge in [-0.05, 0) is 89.1 Å². The summed E-state index contributed by atoms with van der Waals surface area (Å²) in [4.78, 5) is 30.6. The molecule has 0 unspecified atom stereocenters. The Kier molecular flexibility index (Phi) is 14.7. The van der Waals surface area contributed by atoms with E-state index < -0.39 is 40.4 Å². The Labute approximate surface area is 316 Å². The molecule has 3 heterocycles. The Hall–Kier alpha value is -3.24. The van der Waals surface area contributed by atoms with Crippen LogP contribution in [0.1, 0.15) is 55.5 Å². The molecule has 0 fully saturated rings. The number of halogens is 3. The number of aromatic amines is 1. The van der Waals surface area contributed by atoms with Crippen LogP contribution in [0.4, 0.5) is 22.8 Å². The van der Waals surface area contributed by atoms with Crippen molar-refractivity contribution in [1.82, 2.24) is 19.4 Å². The van der Waals surface area contributed by atoms with E-state index in [9.17, 15) is 31.2 Å². The van der Waals surface area contributed by atoms with Crippen LogP contribution in [0.5, 0.6) is 0 Å². The zero-order chi connectivity index (χ0) is 37.4. The molecule has 0 atom stereocenters. The summed E-state index contributed by atoms with van der Waals surface area (Å²) in [5.41, 5.74) is 1.81. The number of alkyl halides is 1. The molecular formula is C34H46F3N4NaO7S. The first-order valence-electron chi connectivity index (χ1n) is 16.1. The molecule has 0 radical (unpaired) electrons. The molecule has 0 spiro atoms. The number of H-pyrrole nitrogens is 1. The molecule has 5 rings (SSSR count). The molecule has 11 nitrogen and oxygen atoms in total. The molecule has 0 saturated carbocycles. The first kappa shape index (κ1) is 41.2. The van der Waals surface area contributed by atoms with Gasteiger partial charge >= 0.3 is 41.7 Å². The number of rotatable bonds is 6. The quantitative estimate of drug-likeness (QED) is 0.232. The van der Waals surface area contributed by atoms with Crippen molar-refractivity contribution >= 4 is 44.1 Å².